The molecule has 0 radical (unpaired) electrons. The van der Waals surface area contributed by atoms with Crippen LogP contribution in [-0.2, 0) is 4.79 Å². The third-order valence-corrected chi connectivity index (χ3v) is 6.79. The molecule has 2 aromatic carbocycles. The molecule has 0 unspecified atom stereocenters. The maximum Gasteiger partial charge on any atom is 0.258 e. The lowest BCUT2D eigenvalue weighted by Gasteiger charge is -2.20. The number of anilines is 2. The van der Waals surface area contributed by atoms with E-state index in [1.165, 1.54) is 18.6 Å². The maximum atomic E-state index is 14.5. The van der Waals surface area contributed by atoms with E-state index >= 15 is 0 Å². The number of imidazole rings is 1. The predicted octanol–water partition coefficient (Wildman–Crippen LogP) is 6.49. The highest BCUT2D eigenvalue weighted by Gasteiger charge is 2.21. The molecule has 1 fully saturated rings. The Bertz CT molecular complexity index is 1490. The Hall–Kier alpha value is -4.53. The topological polar surface area (TPSA) is 109 Å². The van der Waals surface area contributed by atoms with Gasteiger partial charge in [-0.25, -0.2) is 14.4 Å². The van der Waals surface area contributed by atoms with Crippen LogP contribution in [0.2, 0.25) is 0 Å². The van der Waals surface area contributed by atoms with Crippen LogP contribution in [0, 0.1) is 11.7 Å². The third-order valence-electron chi connectivity index (χ3n) is 6.79. The van der Waals surface area contributed by atoms with Crippen LogP contribution in [0.25, 0.3) is 22.4 Å². The van der Waals surface area contributed by atoms with Gasteiger partial charge in [-0.3, -0.25) is 9.59 Å². The first-order valence-corrected chi connectivity index (χ1v) is 13.1. The highest BCUT2D eigenvalue weighted by atomic mass is 19.1. The van der Waals surface area contributed by atoms with Crippen molar-refractivity contribution in [2.24, 2.45) is 5.92 Å². The molecular formula is C30H30FN5O3. The molecule has 9 heteroatoms. The number of pyridine rings is 1. The van der Waals surface area contributed by atoms with Gasteiger partial charge in [0.2, 0.25) is 5.91 Å². The molecule has 5 rings (SSSR count). The number of rotatable bonds is 9. The van der Waals surface area contributed by atoms with Crippen LogP contribution in [0.5, 0.6) is 5.75 Å². The standard InChI is InChI=1S/C30H30FN5O3/c1-2-3-15-39-22-13-14-23(24(31)16-22)30(38)33-21-11-9-19(10-12-21)28-34-25-17-27(32-18-26(25)35-28)36-29(37)20-7-5-4-6-8-20/h2,9-14,16-18,20H,1,3-8,15H2,(H,33,38)(H,34,35)(H,32,36,37). The van der Waals surface area contributed by atoms with Crippen molar-refractivity contribution in [2.45, 2.75) is 38.5 Å². The van der Waals surface area contributed by atoms with Gasteiger partial charge in [-0.1, -0.05) is 25.3 Å². The molecule has 2 aromatic heterocycles. The molecule has 1 aliphatic carbocycles. The van der Waals surface area contributed by atoms with E-state index in [1.54, 1.807) is 48.7 Å². The molecule has 4 aromatic rings. The van der Waals surface area contributed by atoms with Crippen LogP contribution >= 0.6 is 0 Å². The zero-order chi connectivity index (χ0) is 27.2. The number of nitrogens with zero attached hydrogens (tertiary/aromatic N) is 2. The van der Waals surface area contributed by atoms with Crippen molar-refractivity contribution in [3.05, 3.63) is 78.8 Å². The number of aromatic nitrogens is 3. The van der Waals surface area contributed by atoms with E-state index in [0.29, 0.717) is 41.6 Å². The summed E-state index contributed by atoms with van der Waals surface area (Å²) in [7, 11) is 0. The van der Waals surface area contributed by atoms with Crippen LogP contribution in [0.3, 0.4) is 0 Å². The lowest BCUT2D eigenvalue weighted by Crippen LogP contribution is -2.25. The zero-order valence-corrected chi connectivity index (χ0v) is 21.5. The van der Waals surface area contributed by atoms with Crippen LogP contribution in [-0.4, -0.2) is 33.4 Å². The number of H-pyrrole nitrogens is 1. The molecule has 0 saturated heterocycles. The van der Waals surface area contributed by atoms with Gasteiger partial charge in [-0.15, -0.1) is 6.58 Å². The van der Waals surface area contributed by atoms with Crippen molar-refractivity contribution in [1.82, 2.24) is 15.0 Å². The fourth-order valence-corrected chi connectivity index (χ4v) is 4.65. The van der Waals surface area contributed by atoms with Gasteiger partial charge < -0.3 is 20.4 Å². The molecule has 200 valence electrons. The van der Waals surface area contributed by atoms with E-state index in [-0.39, 0.29) is 17.4 Å². The number of halogens is 1. The minimum absolute atomic E-state index is 0.0163. The van der Waals surface area contributed by atoms with Gasteiger partial charge in [0.1, 0.15) is 23.2 Å². The largest absolute Gasteiger partial charge is 0.493 e. The molecule has 39 heavy (non-hydrogen) atoms. The van der Waals surface area contributed by atoms with Crippen LogP contribution in [0.4, 0.5) is 15.9 Å². The van der Waals surface area contributed by atoms with E-state index in [2.05, 4.69) is 32.2 Å². The van der Waals surface area contributed by atoms with Crippen LogP contribution < -0.4 is 15.4 Å². The van der Waals surface area contributed by atoms with E-state index in [1.807, 2.05) is 0 Å². The first kappa shape index (κ1) is 26.1. The number of carbonyl (C=O) groups excluding carboxylic acids is 2. The predicted molar refractivity (Wildman–Crippen MR) is 149 cm³/mol. The molecule has 0 aliphatic heterocycles. The Morgan fingerprint density at radius 3 is 2.62 bits per heavy atom. The summed E-state index contributed by atoms with van der Waals surface area (Å²) >= 11 is 0. The number of ether oxygens (including phenoxy) is 1. The Morgan fingerprint density at radius 1 is 1.08 bits per heavy atom. The SMILES string of the molecule is C=CCCOc1ccc(C(=O)Nc2ccc(-c3nc4cc(NC(=O)C5CCCCC5)ncc4[nH]3)cc2)c(F)c1. The molecule has 1 saturated carbocycles. The van der Waals surface area contributed by atoms with Crippen molar-refractivity contribution in [2.75, 3.05) is 17.2 Å². The average molecular weight is 528 g/mol. The normalized spacial score (nSPS) is 13.7. The van der Waals surface area contributed by atoms with Crippen molar-refractivity contribution in [1.29, 1.82) is 0 Å². The van der Waals surface area contributed by atoms with Gasteiger partial charge in [0.05, 0.1) is 29.4 Å². The molecule has 2 heterocycles. The fourth-order valence-electron chi connectivity index (χ4n) is 4.65. The van der Waals surface area contributed by atoms with E-state index < -0.39 is 11.7 Å². The minimum atomic E-state index is -0.662. The summed E-state index contributed by atoms with van der Waals surface area (Å²) in [6, 6.07) is 13.0. The number of hydrogen-bond donors (Lipinski definition) is 3. The van der Waals surface area contributed by atoms with E-state index in [4.69, 9.17) is 4.74 Å². The lowest BCUT2D eigenvalue weighted by atomic mass is 9.89. The van der Waals surface area contributed by atoms with Gasteiger partial charge in [-0.05, 0) is 55.7 Å². The molecule has 8 nitrogen and oxygen atoms in total. The Labute approximate surface area is 225 Å². The highest BCUT2D eigenvalue weighted by molar-refractivity contribution is 6.04. The quantitative estimate of drug-likeness (QED) is 0.170. The van der Waals surface area contributed by atoms with Gasteiger partial charge in [0, 0.05) is 29.3 Å². The summed E-state index contributed by atoms with van der Waals surface area (Å²) in [5, 5.41) is 5.64. The summed E-state index contributed by atoms with van der Waals surface area (Å²) < 4.78 is 19.9. The maximum absolute atomic E-state index is 14.5. The second-order valence-electron chi connectivity index (χ2n) is 9.60. The number of aromatic amines is 1. The first-order chi connectivity index (χ1) is 19.0. The number of nitrogens with one attached hydrogen (secondary N) is 3. The summed E-state index contributed by atoms with van der Waals surface area (Å²) in [6.45, 7) is 4.01. The Balaban J connectivity index is 1.23. The number of amides is 2. The molecule has 0 bridgehead atoms. The average Bonchev–Trinajstić information content (AvgIpc) is 3.37. The summed E-state index contributed by atoms with van der Waals surface area (Å²) in [5.41, 5.74) is 2.66. The summed E-state index contributed by atoms with van der Waals surface area (Å²) in [4.78, 5) is 37.4. The highest BCUT2D eigenvalue weighted by Crippen LogP contribution is 2.27. The smallest absolute Gasteiger partial charge is 0.258 e. The molecule has 1 aliphatic rings. The molecule has 3 N–H and O–H groups in total. The number of benzene rings is 2. The minimum Gasteiger partial charge on any atom is -0.493 e. The Kier molecular flexibility index (Phi) is 7.96. The van der Waals surface area contributed by atoms with Crippen molar-refractivity contribution in [3.63, 3.8) is 0 Å². The second-order valence-corrected chi connectivity index (χ2v) is 9.60. The van der Waals surface area contributed by atoms with Gasteiger partial charge in [0.15, 0.2) is 0 Å². The van der Waals surface area contributed by atoms with Gasteiger partial charge in [-0.2, -0.15) is 0 Å². The summed E-state index contributed by atoms with van der Waals surface area (Å²) in [6.07, 6.45) is 9.22. The van der Waals surface area contributed by atoms with Crippen LogP contribution in [0.15, 0.2) is 67.4 Å². The lowest BCUT2D eigenvalue weighted by molar-refractivity contribution is -0.120. The van der Waals surface area contributed by atoms with Crippen LogP contribution in [0.1, 0.15) is 48.9 Å². The van der Waals surface area contributed by atoms with Gasteiger partial charge in [0.25, 0.3) is 5.91 Å². The number of carbonyl (C=O) groups is 2. The summed E-state index contributed by atoms with van der Waals surface area (Å²) in [5.74, 6) is 0.303. The molecule has 2 amide bonds. The monoisotopic (exact) mass is 527 g/mol. The van der Waals surface area contributed by atoms with Crippen molar-refractivity contribution in [3.8, 4) is 17.1 Å². The van der Waals surface area contributed by atoms with E-state index in [9.17, 15) is 14.0 Å². The number of fused-ring (bicyclic) bond motifs is 1. The molecular weight excluding hydrogens is 497 g/mol. The fraction of sp³-hybridized carbons (Fsp3) is 0.267. The van der Waals surface area contributed by atoms with Crippen molar-refractivity contribution < 1.29 is 18.7 Å². The third kappa shape index (κ3) is 6.31. The molecule has 0 atom stereocenters. The second kappa shape index (κ2) is 11.9. The zero-order valence-electron chi connectivity index (χ0n) is 21.5. The molecule has 0 spiro atoms. The van der Waals surface area contributed by atoms with Crippen molar-refractivity contribution >= 4 is 34.4 Å². The first-order valence-electron chi connectivity index (χ1n) is 13.1. The van der Waals surface area contributed by atoms with Gasteiger partial charge >= 0.3 is 0 Å². The van der Waals surface area contributed by atoms with E-state index in [0.717, 1.165) is 36.8 Å². The Morgan fingerprint density at radius 2 is 1.87 bits per heavy atom. The number of hydrogen-bond acceptors (Lipinski definition) is 5.